The van der Waals surface area contributed by atoms with Gasteiger partial charge in [-0.3, -0.25) is 9.36 Å². The highest BCUT2D eigenvalue weighted by Gasteiger charge is 2.23. The largest absolute Gasteiger partial charge is 0.428 e. The second kappa shape index (κ2) is 9.28. The summed E-state index contributed by atoms with van der Waals surface area (Å²) in [6, 6.07) is 7.75. The first-order chi connectivity index (χ1) is 13.1. The predicted molar refractivity (Wildman–Crippen MR) is 107 cm³/mol. The van der Waals surface area contributed by atoms with Crippen molar-refractivity contribution >= 4 is 34.7 Å². The Balaban J connectivity index is 1.62. The summed E-state index contributed by atoms with van der Waals surface area (Å²) in [5.74, 6) is 1.61. The van der Waals surface area contributed by atoms with Gasteiger partial charge in [0.15, 0.2) is 0 Å². The Kier molecular flexibility index (Phi) is 6.79. The molecule has 27 heavy (non-hydrogen) atoms. The van der Waals surface area contributed by atoms with Crippen LogP contribution in [0.3, 0.4) is 0 Å². The first-order valence-electron chi connectivity index (χ1n) is 9.21. The minimum Gasteiger partial charge on any atom is -0.428 e. The Hall–Kier alpha value is -1.99. The van der Waals surface area contributed by atoms with Gasteiger partial charge in [-0.2, -0.15) is 11.8 Å². The Morgan fingerprint density at radius 3 is 2.67 bits per heavy atom. The molecule has 1 saturated heterocycles. The molecule has 0 aliphatic carbocycles. The summed E-state index contributed by atoms with van der Waals surface area (Å²) >= 11 is 1.85. The van der Waals surface area contributed by atoms with E-state index < -0.39 is 6.09 Å². The minimum absolute atomic E-state index is 0.0741. The zero-order valence-electron chi connectivity index (χ0n) is 15.8. The van der Waals surface area contributed by atoms with Gasteiger partial charge < -0.3 is 14.4 Å². The fourth-order valence-corrected chi connectivity index (χ4v) is 4.31. The molecule has 0 bridgehead atoms. The molecule has 146 valence electrons. The van der Waals surface area contributed by atoms with Crippen LogP contribution >= 0.6 is 11.8 Å². The third kappa shape index (κ3) is 5.05. The predicted octanol–water partition coefficient (Wildman–Crippen LogP) is 3.37. The number of benzene rings is 1. The first kappa shape index (κ1) is 19.8. The molecular weight excluding hydrogens is 364 g/mol. The molecule has 0 saturated carbocycles. The lowest BCUT2D eigenvalue weighted by Crippen LogP contribution is -2.24. The van der Waals surface area contributed by atoms with E-state index in [9.17, 15) is 9.59 Å². The molecule has 2 heterocycles. The van der Waals surface area contributed by atoms with E-state index in [2.05, 4.69) is 4.90 Å². The van der Waals surface area contributed by atoms with Crippen molar-refractivity contribution in [2.24, 2.45) is 5.92 Å². The lowest BCUT2D eigenvalue weighted by molar-refractivity contribution is -0.157. The molecule has 1 aromatic carbocycles. The van der Waals surface area contributed by atoms with E-state index >= 15 is 0 Å². The molecule has 0 amide bonds. The van der Waals surface area contributed by atoms with Gasteiger partial charge >= 0.3 is 12.1 Å². The molecule has 0 atom stereocenters. The van der Waals surface area contributed by atoms with E-state index in [0.29, 0.717) is 0 Å². The van der Waals surface area contributed by atoms with Crippen molar-refractivity contribution in [3.63, 3.8) is 0 Å². The molecule has 0 N–H and O–H groups in total. The average molecular weight is 391 g/mol. The lowest BCUT2D eigenvalue weighted by atomic mass is 10.0. The normalized spacial score (nSPS) is 15.2. The Morgan fingerprint density at radius 2 is 1.93 bits per heavy atom. The maximum Gasteiger partial charge on any atom is 0.421 e. The Bertz CT molecular complexity index is 796. The second-order valence-electron chi connectivity index (χ2n) is 6.97. The highest BCUT2D eigenvalue weighted by atomic mass is 32.2. The van der Waals surface area contributed by atoms with Crippen LogP contribution in [0.2, 0.25) is 0 Å². The summed E-state index contributed by atoms with van der Waals surface area (Å²) < 4.78 is 11.9. The fourth-order valence-electron chi connectivity index (χ4n) is 3.20. The highest BCUT2D eigenvalue weighted by molar-refractivity contribution is 7.99. The van der Waals surface area contributed by atoms with Crippen molar-refractivity contribution < 1.29 is 19.1 Å². The first-order valence-corrected chi connectivity index (χ1v) is 10.4. The van der Waals surface area contributed by atoms with Gasteiger partial charge in [-0.1, -0.05) is 18.2 Å². The van der Waals surface area contributed by atoms with Crippen LogP contribution in [-0.2, 0) is 20.7 Å². The summed E-state index contributed by atoms with van der Waals surface area (Å²) in [5.41, 5.74) is 1.89. The topological polar surface area (TPSA) is 60.8 Å². The van der Waals surface area contributed by atoms with Crippen LogP contribution in [-0.4, -0.2) is 60.5 Å². The molecule has 0 spiro atoms. The van der Waals surface area contributed by atoms with Crippen molar-refractivity contribution in [3.8, 4) is 0 Å². The smallest absolute Gasteiger partial charge is 0.421 e. The number of thioether (sulfide) groups is 1. The minimum atomic E-state index is -0.533. The monoisotopic (exact) mass is 390 g/mol. The second-order valence-corrected chi connectivity index (χ2v) is 8.20. The number of rotatable bonds is 6. The number of esters is 1. The van der Waals surface area contributed by atoms with Gasteiger partial charge in [-0.05, 0) is 56.5 Å². The number of hydrogen-bond acceptors (Lipinski definition) is 6. The third-order valence-corrected chi connectivity index (χ3v) is 5.81. The maximum absolute atomic E-state index is 12.5. The van der Waals surface area contributed by atoms with Crippen molar-refractivity contribution in [1.82, 2.24) is 9.47 Å². The maximum atomic E-state index is 12.5. The molecule has 3 rings (SSSR count). The summed E-state index contributed by atoms with van der Waals surface area (Å²) in [7, 11) is 4.04. The van der Waals surface area contributed by atoms with Crippen LogP contribution in [0.5, 0.6) is 0 Å². The van der Waals surface area contributed by atoms with Crippen LogP contribution < -0.4 is 0 Å². The number of likely N-dealkylation sites (N-methyl/N-ethyl adjacent to an activating group) is 1. The molecule has 1 aromatic heterocycles. The van der Waals surface area contributed by atoms with Gasteiger partial charge in [0, 0.05) is 18.1 Å². The molecule has 0 radical (unpaired) electrons. The average Bonchev–Trinajstić information content (AvgIpc) is 3.06. The van der Waals surface area contributed by atoms with Crippen molar-refractivity contribution in [2.45, 2.75) is 19.3 Å². The molecule has 1 aliphatic rings. The Morgan fingerprint density at radius 1 is 1.19 bits per heavy atom. The number of fused-ring (bicyclic) bond motifs is 1. The van der Waals surface area contributed by atoms with Gasteiger partial charge in [0.05, 0.1) is 11.4 Å². The number of para-hydroxylation sites is 1. The summed E-state index contributed by atoms with van der Waals surface area (Å²) in [5, 5.41) is 1.04. The van der Waals surface area contributed by atoms with Gasteiger partial charge in [0.2, 0.25) is 6.79 Å². The molecule has 2 aromatic rings. The van der Waals surface area contributed by atoms with E-state index in [1.54, 1.807) is 0 Å². The molecule has 1 fully saturated rings. The molecule has 0 unspecified atom stereocenters. The van der Waals surface area contributed by atoms with E-state index in [1.165, 1.54) is 4.57 Å². The van der Waals surface area contributed by atoms with Crippen LogP contribution in [0.15, 0.2) is 30.5 Å². The number of aromatic nitrogens is 1. The van der Waals surface area contributed by atoms with Crippen LogP contribution in [0.1, 0.15) is 18.4 Å². The van der Waals surface area contributed by atoms with E-state index in [-0.39, 0.29) is 18.7 Å². The molecule has 7 heteroatoms. The van der Waals surface area contributed by atoms with E-state index in [1.807, 2.05) is 56.3 Å². The number of hydrogen-bond donors (Lipinski definition) is 0. The van der Waals surface area contributed by atoms with Crippen LogP contribution in [0, 0.1) is 5.92 Å². The van der Waals surface area contributed by atoms with Gasteiger partial charge in [-0.25, -0.2) is 4.79 Å². The SMILES string of the molecule is CN(C)CCc1cn(C(=O)OCOC(=O)C2CCSCC2)c2ccccc12. The van der Waals surface area contributed by atoms with E-state index in [4.69, 9.17) is 9.47 Å². The van der Waals surface area contributed by atoms with E-state index in [0.717, 1.165) is 53.8 Å². The number of carbonyl (C=O) groups excluding carboxylic acids is 2. The van der Waals surface area contributed by atoms with Crippen molar-refractivity contribution in [2.75, 3.05) is 38.9 Å². The summed E-state index contributed by atoms with van der Waals surface area (Å²) in [6.07, 6.45) is 3.78. The number of carbonyl (C=O) groups is 2. The number of nitrogens with zero attached hydrogens (tertiary/aromatic N) is 2. The quantitative estimate of drug-likeness (QED) is 0.557. The van der Waals surface area contributed by atoms with Crippen LogP contribution in [0.4, 0.5) is 4.79 Å². The molecular formula is C20H26N2O4S. The van der Waals surface area contributed by atoms with Gasteiger partial charge in [-0.15, -0.1) is 0 Å². The van der Waals surface area contributed by atoms with Gasteiger partial charge in [0.1, 0.15) is 0 Å². The van der Waals surface area contributed by atoms with Crippen LogP contribution in [0.25, 0.3) is 10.9 Å². The standard InChI is InChI=1S/C20H26N2O4S/c1-21(2)10-7-16-13-22(18-6-4-3-5-17(16)18)20(24)26-14-25-19(23)15-8-11-27-12-9-15/h3-6,13,15H,7-12,14H2,1-2H3. The number of ether oxygens (including phenoxy) is 2. The zero-order valence-corrected chi connectivity index (χ0v) is 16.7. The fraction of sp³-hybridized carbons (Fsp3) is 0.500. The van der Waals surface area contributed by atoms with Crippen molar-refractivity contribution in [1.29, 1.82) is 0 Å². The molecule has 6 nitrogen and oxygen atoms in total. The highest BCUT2D eigenvalue weighted by Crippen LogP contribution is 2.24. The molecule has 1 aliphatic heterocycles. The van der Waals surface area contributed by atoms with Crippen molar-refractivity contribution in [3.05, 3.63) is 36.0 Å². The third-order valence-electron chi connectivity index (χ3n) is 4.76. The summed E-state index contributed by atoms with van der Waals surface area (Å²) in [4.78, 5) is 26.7. The van der Waals surface area contributed by atoms with Gasteiger partial charge in [0.25, 0.3) is 0 Å². The Labute approximate surface area is 163 Å². The lowest BCUT2D eigenvalue weighted by Gasteiger charge is -2.19. The zero-order chi connectivity index (χ0) is 19.2. The summed E-state index contributed by atoms with van der Waals surface area (Å²) in [6.45, 7) is 0.543.